The maximum atomic E-state index is 12.9. The van der Waals surface area contributed by atoms with Gasteiger partial charge in [-0.05, 0) is 18.6 Å². The lowest BCUT2D eigenvalue weighted by Gasteiger charge is -2.61. The second-order valence-corrected chi connectivity index (χ2v) is 6.76. The predicted molar refractivity (Wildman–Crippen MR) is 79.3 cm³/mol. The molecule has 2 N–H and O–H groups in total. The topological polar surface area (TPSA) is 68.5 Å². The molecule has 1 aromatic heterocycles. The highest BCUT2D eigenvalue weighted by molar-refractivity contribution is 5.89. The van der Waals surface area contributed by atoms with Gasteiger partial charge in [0.25, 0.3) is 0 Å². The monoisotopic (exact) mass is 289 g/mol. The van der Waals surface area contributed by atoms with Gasteiger partial charge < -0.3 is 15.4 Å². The van der Waals surface area contributed by atoms with Crippen molar-refractivity contribution in [3.63, 3.8) is 0 Å². The third kappa shape index (κ3) is 1.91. The Kier molecular flexibility index (Phi) is 3.30. The molecule has 114 valence electrons. The van der Waals surface area contributed by atoms with Gasteiger partial charge in [0.15, 0.2) is 0 Å². The SMILES string of the molecule is CN(Cc1ccccn1)C(=O)C1(N)C2CCOC2C1(C)C. The van der Waals surface area contributed by atoms with Crippen molar-refractivity contribution in [1.82, 2.24) is 9.88 Å². The summed E-state index contributed by atoms with van der Waals surface area (Å²) in [5.74, 6) is 0.121. The van der Waals surface area contributed by atoms with Gasteiger partial charge in [-0.2, -0.15) is 0 Å². The third-order valence-electron chi connectivity index (χ3n) is 5.28. The van der Waals surface area contributed by atoms with Crippen LogP contribution in [0.25, 0.3) is 0 Å². The van der Waals surface area contributed by atoms with Gasteiger partial charge >= 0.3 is 0 Å². The number of carbonyl (C=O) groups is 1. The standard InChI is InChI=1S/C16H23N3O2/c1-15(2)13-12(7-9-21-13)16(15,17)14(20)19(3)10-11-6-4-5-8-18-11/h4-6,8,12-13H,7,9-10,17H2,1-3H3. The fraction of sp³-hybridized carbons (Fsp3) is 0.625. The first-order chi connectivity index (χ1) is 9.89. The number of carbonyl (C=O) groups excluding carboxylic acids is 1. The van der Waals surface area contributed by atoms with Crippen molar-refractivity contribution in [2.45, 2.75) is 38.5 Å². The molecule has 2 fully saturated rings. The van der Waals surface area contributed by atoms with Crippen molar-refractivity contribution in [2.24, 2.45) is 17.1 Å². The summed E-state index contributed by atoms with van der Waals surface area (Å²) in [6.45, 7) is 5.25. The first-order valence-electron chi connectivity index (χ1n) is 7.45. The second-order valence-electron chi connectivity index (χ2n) is 6.76. The van der Waals surface area contributed by atoms with E-state index in [1.54, 1.807) is 18.1 Å². The molecule has 3 rings (SSSR count). The second kappa shape index (κ2) is 4.78. The Hall–Kier alpha value is -1.46. The molecule has 0 radical (unpaired) electrons. The van der Waals surface area contributed by atoms with E-state index in [2.05, 4.69) is 4.98 Å². The number of nitrogens with two attached hydrogens (primary N) is 1. The van der Waals surface area contributed by atoms with Crippen LogP contribution in [0.1, 0.15) is 26.0 Å². The number of fused-ring (bicyclic) bond motifs is 1. The van der Waals surface area contributed by atoms with E-state index in [-0.39, 0.29) is 23.3 Å². The Morgan fingerprint density at radius 1 is 1.52 bits per heavy atom. The number of rotatable bonds is 3. The van der Waals surface area contributed by atoms with Crippen molar-refractivity contribution in [2.75, 3.05) is 13.7 Å². The zero-order chi connectivity index (χ0) is 15.3. The first kappa shape index (κ1) is 14.5. The van der Waals surface area contributed by atoms with Gasteiger partial charge in [0, 0.05) is 31.2 Å². The van der Waals surface area contributed by atoms with E-state index < -0.39 is 5.54 Å². The molecule has 1 saturated carbocycles. The number of hydrogen-bond acceptors (Lipinski definition) is 4. The third-order valence-corrected chi connectivity index (χ3v) is 5.28. The lowest BCUT2D eigenvalue weighted by Crippen LogP contribution is -2.80. The number of likely N-dealkylation sites (N-methyl/N-ethyl adjacent to an activating group) is 1. The fourth-order valence-corrected chi connectivity index (χ4v) is 3.94. The summed E-state index contributed by atoms with van der Waals surface area (Å²) >= 11 is 0. The average Bonchev–Trinajstić information content (AvgIpc) is 2.95. The summed E-state index contributed by atoms with van der Waals surface area (Å²) in [5.41, 5.74) is 6.28. The molecule has 1 aliphatic carbocycles. The Bertz CT molecular complexity index is 546. The van der Waals surface area contributed by atoms with E-state index in [9.17, 15) is 4.79 Å². The van der Waals surface area contributed by atoms with Crippen molar-refractivity contribution in [1.29, 1.82) is 0 Å². The molecule has 3 atom stereocenters. The molecular formula is C16H23N3O2. The Morgan fingerprint density at radius 2 is 2.29 bits per heavy atom. The van der Waals surface area contributed by atoms with Gasteiger partial charge in [0.05, 0.1) is 18.3 Å². The van der Waals surface area contributed by atoms with E-state index in [0.717, 1.165) is 12.1 Å². The predicted octanol–water partition coefficient (Wildman–Crippen LogP) is 1.18. The van der Waals surface area contributed by atoms with Crippen LogP contribution in [-0.4, -0.2) is 41.1 Å². The number of ether oxygens (including phenoxy) is 1. The lowest BCUT2D eigenvalue weighted by molar-refractivity contribution is -0.183. The van der Waals surface area contributed by atoms with Crippen LogP contribution in [0.5, 0.6) is 0 Å². The number of amides is 1. The summed E-state index contributed by atoms with van der Waals surface area (Å²) in [6, 6.07) is 5.71. The maximum Gasteiger partial charge on any atom is 0.243 e. The van der Waals surface area contributed by atoms with Crippen LogP contribution in [0.3, 0.4) is 0 Å². The van der Waals surface area contributed by atoms with Gasteiger partial charge in [-0.3, -0.25) is 9.78 Å². The fourth-order valence-electron chi connectivity index (χ4n) is 3.94. The van der Waals surface area contributed by atoms with E-state index in [1.165, 1.54) is 0 Å². The van der Waals surface area contributed by atoms with Crippen LogP contribution in [-0.2, 0) is 16.1 Å². The molecule has 5 heteroatoms. The van der Waals surface area contributed by atoms with Crippen molar-refractivity contribution >= 4 is 5.91 Å². The van der Waals surface area contributed by atoms with Gasteiger partial charge in [0.2, 0.25) is 5.91 Å². The molecule has 0 spiro atoms. The smallest absolute Gasteiger partial charge is 0.243 e. The van der Waals surface area contributed by atoms with E-state index >= 15 is 0 Å². The summed E-state index contributed by atoms with van der Waals surface area (Å²) in [6.07, 6.45) is 2.71. The van der Waals surface area contributed by atoms with Crippen LogP contribution in [0.4, 0.5) is 0 Å². The highest BCUT2D eigenvalue weighted by atomic mass is 16.5. The number of nitrogens with zero attached hydrogens (tertiary/aromatic N) is 2. The van der Waals surface area contributed by atoms with Crippen molar-refractivity contribution < 1.29 is 9.53 Å². The average molecular weight is 289 g/mol. The normalized spacial score (nSPS) is 33.1. The van der Waals surface area contributed by atoms with Crippen LogP contribution < -0.4 is 5.73 Å². The number of aromatic nitrogens is 1. The Balaban J connectivity index is 1.78. The van der Waals surface area contributed by atoms with Gasteiger partial charge in [-0.15, -0.1) is 0 Å². The first-order valence-corrected chi connectivity index (χ1v) is 7.45. The molecular weight excluding hydrogens is 266 g/mol. The molecule has 0 aromatic carbocycles. The molecule has 3 unspecified atom stereocenters. The zero-order valence-electron chi connectivity index (χ0n) is 12.9. The molecule has 21 heavy (non-hydrogen) atoms. The van der Waals surface area contributed by atoms with Gasteiger partial charge in [0.1, 0.15) is 5.54 Å². The summed E-state index contributed by atoms with van der Waals surface area (Å²) < 4.78 is 5.75. The quantitative estimate of drug-likeness (QED) is 0.907. The number of pyridine rings is 1. The molecule has 0 bridgehead atoms. The van der Waals surface area contributed by atoms with Crippen molar-refractivity contribution in [3.05, 3.63) is 30.1 Å². The van der Waals surface area contributed by atoms with Crippen LogP contribution in [0.2, 0.25) is 0 Å². The Morgan fingerprint density at radius 3 is 2.95 bits per heavy atom. The Labute approximate surface area is 125 Å². The molecule has 2 heterocycles. The van der Waals surface area contributed by atoms with Crippen LogP contribution in [0, 0.1) is 11.3 Å². The summed E-state index contributed by atoms with van der Waals surface area (Å²) in [5, 5.41) is 0. The molecule has 1 saturated heterocycles. The van der Waals surface area contributed by atoms with E-state index in [1.807, 2.05) is 32.0 Å². The largest absolute Gasteiger partial charge is 0.377 e. The molecule has 1 aromatic rings. The van der Waals surface area contributed by atoms with Crippen LogP contribution in [0.15, 0.2) is 24.4 Å². The van der Waals surface area contributed by atoms with Gasteiger partial charge in [-0.1, -0.05) is 19.9 Å². The highest BCUT2D eigenvalue weighted by Crippen LogP contribution is 2.58. The maximum absolute atomic E-state index is 12.9. The highest BCUT2D eigenvalue weighted by Gasteiger charge is 2.71. The molecule has 2 aliphatic rings. The molecule has 1 aliphatic heterocycles. The summed E-state index contributed by atoms with van der Waals surface area (Å²) in [4.78, 5) is 18.9. The molecule has 5 nitrogen and oxygen atoms in total. The zero-order valence-corrected chi connectivity index (χ0v) is 12.9. The lowest BCUT2D eigenvalue weighted by atomic mass is 9.47. The minimum absolute atomic E-state index is 0.00935. The van der Waals surface area contributed by atoms with Crippen molar-refractivity contribution in [3.8, 4) is 0 Å². The molecule has 1 amide bonds. The van der Waals surface area contributed by atoms with E-state index in [0.29, 0.717) is 13.2 Å². The van der Waals surface area contributed by atoms with E-state index in [4.69, 9.17) is 10.5 Å². The van der Waals surface area contributed by atoms with Gasteiger partial charge in [-0.25, -0.2) is 0 Å². The number of hydrogen-bond donors (Lipinski definition) is 1. The minimum atomic E-state index is -0.836. The minimum Gasteiger partial charge on any atom is -0.377 e. The van der Waals surface area contributed by atoms with Crippen LogP contribution >= 0.6 is 0 Å². The summed E-state index contributed by atoms with van der Waals surface area (Å²) in [7, 11) is 1.80.